The fourth-order valence-electron chi connectivity index (χ4n) is 3.30. The van der Waals surface area contributed by atoms with Crippen LogP contribution < -0.4 is 0 Å². The van der Waals surface area contributed by atoms with Crippen LogP contribution in [0.4, 0.5) is 0 Å². The van der Waals surface area contributed by atoms with Gasteiger partial charge in [-0.1, -0.05) is 76.2 Å². The van der Waals surface area contributed by atoms with Crippen LogP contribution >= 0.6 is 0 Å². The summed E-state index contributed by atoms with van der Waals surface area (Å²) in [5.41, 5.74) is 3.89. The molecular formula is C21H28O2. The Hall–Kier alpha value is -1.64. The van der Waals surface area contributed by atoms with Gasteiger partial charge in [0, 0.05) is 5.41 Å². The Labute approximate surface area is 139 Å². The Morgan fingerprint density at radius 1 is 0.739 bits per heavy atom. The Kier molecular flexibility index (Phi) is 5.61. The first-order valence-electron chi connectivity index (χ1n) is 8.48. The van der Waals surface area contributed by atoms with Crippen LogP contribution in [-0.4, -0.2) is 10.2 Å². The first-order chi connectivity index (χ1) is 10.9. The summed E-state index contributed by atoms with van der Waals surface area (Å²) in [5, 5.41) is 20.8. The predicted octanol–water partition coefficient (Wildman–Crippen LogP) is 4.90. The molecule has 0 bridgehead atoms. The average molecular weight is 312 g/mol. The zero-order valence-corrected chi connectivity index (χ0v) is 14.6. The minimum atomic E-state index is -0.464. The molecule has 0 spiro atoms. The van der Waals surface area contributed by atoms with Crippen molar-refractivity contribution in [2.45, 2.75) is 58.2 Å². The Morgan fingerprint density at radius 3 is 1.43 bits per heavy atom. The SMILES string of the molecule is CCC(O)c1ccccc1C(C)(C)c1ccccc1C(O)CC. The predicted molar refractivity (Wildman–Crippen MR) is 95.5 cm³/mol. The highest BCUT2D eigenvalue weighted by molar-refractivity contribution is 5.46. The molecule has 0 amide bonds. The molecule has 0 aliphatic heterocycles. The molecule has 2 nitrogen and oxygen atoms in total. The molecule has 2 aromatic rings. The summed E-state index contributed by atoms with van der Waals surface area (Å²) in [4.78, 5) is 0. The Bertz CT molecular complexity index is 590. The lowest BCUT2D eigenvalue weighted by Crippen LogP contribution is -2.24. The lowest BCUT2D eigenvalue weighted by molar-refractivity contribution is 0.169. The minimum absolute atomic E-state index is 0.292. The van der Waals surface area contributed by atoms with Gasteiger partial charge >= 0.3 is 0 Å². The molecular weight excluding hydrogens is 284 g/mol. The van der Waals surface area contributed by atoms with E-state index in [9.17, 15) is 10.2 Å². The third-order valence-electron chi connectivity index (χ3n) is 4.76. The molecule has 0 saturated heterocycles. The van der Waals surface area contributed by atoms with Gasteiger partial charge in [0.15, 0.2) is 0 Å². The highest BCUT2D eigenvalue weighted by Gasteiger charge is 2.30. The van der Waals surface area contributed by atoms with Gasteiger partial charge in [0.1, 0.15) is 0 Å². The number of hydrogen-bond acceptors (Lipinski definition) is 2. The zero-order chi connectivity index (χ0) is 17.0. The van der Waals surface area contributed by atoms with E-state index in [2.05, 4.69) is 26.0 Å². The fourth-order valence-corrected chi connectivity index (χ4v) is 3.30. The van der Waals surface area contributed by atoms with Crippen LogP contribution in [0.25, 0.3) is 0 Å². The van der Waals surface area contributed by atoms with Gasteiger partial charge in [-0.2, -0.15) is 0 Å². The highest BCUT2D eigenvalue weighted by Crippen LogP contribution is 2.39. The first-order valence-corrected chi connectivity index (χ1v) is 8.48. The summed E-state index contributed by atoms with van der Waals surface area (Å²) in [6.45, 7) is 8.30. The van der Waals surface area contributed by atoms with Gasteiger partial charge in [0.2, 0.25) is 0 Å². The van der Waals surface area contributed by atoms with E-state index in [1.807, 2.05) is 50.2 Å². The van der Waals surface area contributed by atoms with E-state index in [0.29, 0.717) is 12.8 Å². The number of benzene rings is 2. The van der Waals surface area contributed by atoms with Gasteiger partial charge < -0.3 is 10.2 Å². The fraction of sp³-hybridized carbons (Fsp3) is 0.429. The molecule has 0 aliphatic carbocycles. The normalized spacial score (nSPS) is 14.5. The first kappa shape index (κ1) is 17.7. The molecule has 124 valence electrons. The number of rotatable bonds is 6. The van der Waals surface area contributed by atoms with E-state index < -0.39 is 12.2 Å². The molecule has 2 atom stereocenters. The van der Waals surface area contributed by atoms with E-state index >= 15 is 0 Å². The Balaban J connectivity index is 2.60. The van der Waals surface area contributed by atoms with Crippen LogP contribution in [0.2, 0.25) is 0 Å². The molecule has 2 unspecified atom stereocenters. The topological polar surface area (TPSA) is 40.5 Å². The molecule has 2 rings (SSSR count). The van der Waals surface area contributed by atoms with E-state index in [-0.39, 0.29) is 5.41 Å². The van der Waals surface area contributed by atoms with Gasteiger partial charge in [0.05, 0.1) is 12.2 Å². The molecule has 2 aromatic carbocycles. The van der Waals surface area contributed by atoms with Crippen LogP contribution in [0, 0.1) is 0 Å². The number of hydrogen-bond donors (Lipinski definition) is 2. The van der Waals surface area contributed by atoms with Crippen molar-refractivity contribution in [3.8, 4) is 0 Å². The van der Waals surface area contributed by atoms with Crippen LogP contribution in [0.15, 0.2) is 48.5 Å². The summed E-state index contributed by atoms with van der Waals surface area (Å²) in [6, 6.07) is 16.2. The molecule has 23 heavy (non-hydrogen) atoms. The van der Waals surface area contributed by atoms with Gasteiger partial charge in [-0.25, -0.2) is 0 Å². The number of aliphatic hydroxyl groups is 2. The second kappa shape index (κ2) is 7.29. The summed E-state index contributed by atoms with van der Waals surface area (Å²) in [7, 11) is 0. The number of aliphatic hydroxyl groups excluding tert-OH is 2. The maximum absolute atomic E-state index is 10.4. The van der Waals surface area contributed by atoms with Gasteiger partial charge in [-0.05, 0) is 35.1 Å². The van der Waals surface area contributed by atoms with Crippen LogP contribution in [0.1, 0.15) is 75.0 Å². The van der Waals surface area contributed by atoms with Crippen molar-refractivity contribution in [3.63, 3.8) is 0 Å². The largest absolute Gasteiger partial charge is 0.388 e. The summed E-state index contributed by atoms with van der Waals surface area (Å²) < 4.78 is 0. The zero-order valence-electron chi connectivity index (χ0n) is 14.6. The molecule has 0 aliphatic rings. The smallest absolute Gasteiger partial charge is 0.0790 e. The van der Waals surface area contributed by atoms with Crippen molar-refractivity contribution < 1.29 is 10.2 Å². The maximum Gasteiger partial charge on any atom is 0.0790 e. The molecule has 2 N–H and O–H groups in total. The molecule has 0 heterocycles. The van der Waals surface area contributed by atoms with Crippen LogP contribution in [-0.2, 0) is 5.41 Å². The second-order valence-corrected chi connectivity index (χ2v) is 6.65. The minimum Gasteiger partial charge on any atom is -0.388 e. The molecule has 0 radical (unpaired) electrons. The van der Waals surface area contributed by atoms with Crippen LogP contribution in [0.3, 0.4) is 0 Å². The van der Waals surface area contributed by atoms with Crippen molar-refractivity contribution in [2.24, 2.45) is 0 Å². The van der Waals surface area contributed by atoms with Crippen molar-refractivity contribution in [1.29, 1.82) is 0 Å². The van der Waals surface area contributed by atoms with Gasteiger partial charge in [0.25, 0.3) is 0 Å². The Morgan fingerprint density at radius 2 is 1.09 bits per heavy atom. The van der Waals surface area contributed by atoms with E-state index in [1.54, 1.807) is 0 Å². The van der Waals surface area contributed by atoms with Gasteiger partial charge in [-0.15, -0.1) is 0 Å². The second-order valence-electron chi connectivity index (χ2n) is 6.65. The van der Waals surface area contributed by atoms with E-state index in [4.69, 9.17) is 0 Å². The van der Waals surface area contributed by atoms with E-state index in [0.717, 1.165) is 22.3 Å². The summed E-state index contributed by atoms with van der Waals surface area (Å²) >= 11 is 0. The van der Waals surface area contributed by atoms with Crippen molar-refractivity contribution in [1.82, 2.24) is 0 Å². The molecule has 0 saturated carbocycles. The average Bonchev–Trinajstić information content (AvgIpc) is 2.60. The van der Waals surface area contributed by atoms with Crippen molar-refractivity contribution in [2.75, 3.05) is 0 Å². The lowest BCUT2D eigenvalue weighted by Gasteiger charge is -2.32. The van der Waals surface area contributed by atoms with Crippen molar-refractivity contribution in [3.05, 3.63) is 70.8 Å². The summed E-state index contributed by atoms with van der Waals surface area (Å²) in [6.07, 6.45) is 0.445. The third kappa shape index (κ3) is 3.49. The molecule has 0 fully saturated rings. The lowest BCUT2D eigenvalue weighted by atomic mass is 9.72. The maximum atomic E-state index is 10.4. The van der Waals surface area contributed by atoms with E-state index in [1.165, 1.54) is 0 Å². The molecule has 2 heteroatoms. The standard InChI is InChI=1S/C21H28O2/c1-5-19(22)15-11-7-9-13-17(15)21(3,4)18-14-10-8-12-16(18)20(23)6-2/h7-14,19-20,22-23H,5-6H2,1-4H3. The van der Waals surface area contributed by atoms with Crippen LogP contribution in [0.5, 0.6) is 0 Å². The quantitative estimate of drug-likeness (QED) is 0.796. The monoisotopic (exact) mass is 312 g/mol. The van der Waals surface area contributed by atoms with Crippen molar-refractivity contribution >= 4 is 0 Å². The van der Waals surface area contributed by atoms with Gasteiger partial charge in [-0.3, -0.25) is 0 Å². The highest BCUT2D eigenvalue weighted by atomic mass is 16.3. The summed E-state index contributed by atoms with van der Waals surface area (Å²) in [5.74, 6) is 0. The third-order valence-corrected chi connectivity index (χ3v) is 4.76. The molecule has 0 aromatic heterocycles.